The summed E-state index contributed by atoms with van der Waals surface area (Å²) in [5.74, 6) is -0.551. The Morgan fingerprint density at radius 2 is 2.15 bits per heavy atom. The van der Waals surface area contributed by atoms with Gasteiger partial charge in [0.2, 0.25) is 5.91 Å². The lowest BCUT2D eigenvalue weighted by Crippen LogP contribution is -2.39. The van der Waals surface area contributed by atoms with Crippen LogP contribution in [0.2, 0.25) is 0 Å². The lowest BCUT2D eigenvalue weighted by molar-refractivity contribution is -0.150. The van der Waals surface area contributed by atoms with Crippen LogP contribution in [0.4, 0.5) is 5.82 Å². The lowest BCUT2D eigenvalue weighted by Gasteiger charge is -2.28. The number of nitrogens with two attached hydrogens (primary N) is 1. The molecule has 1 saturated heterocycles. The van der Waals surface area contributed by atoms with Gasteiger partial charge in [-0.2, -0.15) is 0 Å². The van der Waals surface area contributed by atoms with Crippen molar-refractivity contribution in [2.45, 2.75) is 20.3 Å². The van der Waals surface area contributed by atoms with E-state index in [0.717, 1.165) is 0 Å². The fraction of sp³-hybridized carbons (Fsp3) is 0.500. The van der Waals surface area contributed by atoms with Crippen LogP contribution in [0, 0.1) is 11.3 Å². The van der Waals surface area contributed by atoms with E-state index >= 15 is 0 Å². The van der Waals surface area contributed by atoms with E-state index in [2.05, 4.69) is 4.98 Å². The number of primary amides is 1. The number of carboxylic acid groups (broad SMARTS) is 1. The third-order valence-corrected chi connectivity index (χ3v) is 4.19. The SMILES string of the molecule is CC(C)C1(C(=O)O)CCN(c2ccc(C(N)=O)cn2)C1. The molecule has 0 bridgehead atoms. The average Bonchev–Trinajstić information content (AvgIpc) is 2.85. The minimum Gasteiger partial charge on any atom is -0.481 e. The maximum atomic E-state index is 11.6. The minimum absolute atomic E-state index is 0.0508. The number of carboxylic acids is 1. The first kappa shape index (κ1) is 14.3. The molecule has 108 valence electrons. The summed E-state index contributed by atoms with van der Waals surface area (Å²) in [5, 5.41) is 9.51. The number of rotatable bonds is 4. The molecule has 1 unspecified atom stereocenters. The minimum atomic E-state index is -0.760. The van der Waals surface area contributed by atoms with Crippen molar-refractivity contribution in [3.8, 4) is 0 Å². The Hall–Kier alpha value is -2.11. The molecule has 6 nitrogen and oxygen atoms in total. The molecule has 1 amide bonds. The van der Waals surface area contributed by atoms with E-state index in [9.17, 15) is 14.7 Å². The van der Waals surface area contributed by atoms with E-state index < -0.39 is 17.3 Å². The molecule has 0 radical (unpaired) electrons. The molecule has 0 aromatic carbocycles. The van der Waals surface area contributed by atoms with Crippen molar-refractivity contribution < 1.29 is 14.7 Å². The van der Waals surface area contributed by atoms with Crippen LogP contribution in [0.25, 0.3) is 0 Å². The Bertz CT molecular complexity index is 527. The predicted octanol–water partition coefficient (Wildman–Crippen LogP) is 1.12. The van der Waals surface area contributed by atoms with Crippen molar-refractivity contribution in [3.63, 3.8) is 0 Å². The fourth-order valence-corrected chi connectivity index (χ4v) is 2.64. The monoisotopic (exact) mass is 277 g/mol. The highest BCUT2D eigenvalue weighted by molar-refractivity contribution is 5.92. The van der Waals surface area contributed by atoms with E-state index in [1.54, 1.807) is 12.1 Å². The summed E-state index contributed by atoms with van der Waals surface area (Å²) >= 11 is 0. The summed E-state index contributed by atoms with van der Waals surface area (Å²) in [6, 6.07) is 3.32. The van der Waals surface area contributed by atoms with Crippen molar-refractivity contribution in [1.82, 2.24) is 4.98 Å². The molecule has 0 spiro atoms. The van der Waals surface area contributed by atoms with Gasteiger partial charge in [-0.25, -0.2) is 4.98 Å². The third kappa shape index (κ3) is 2.33. The highest BCUT2D eigenvalue weighted by Crippen LogP contribution is 2.39. The molecule has 1 aliphatic heterocycles. The van der Waals surface area contributed by atoms with Gasteiger partial charge in [-0.1, -0.05) is 13.8 Å². The zero-order valence-corrected chi connectivity index (χ0v) is 11.7. The number of pyridine rings is 1. The smallest absolute Gasteiger partial charge is 0.311 e. The molecule has 2 rings (SSSR count). The van der Waals surface area contributed by atoms with Crippen LogP contribution in [0.3, 0.4) is 0 Å². The zero-order chi connectivity index (χ0) is 14.9. The van der Waals surface area contributed by atoms with E-state index in [4.69, 9.17) is 5.73 Å². The number of carbonyl (C=O) groups excluding carboxylic acids is 1. The standard InChI is InChI=1S/C14H19N3O3/c1-9(2)14(13(19)20)5-6-17(8-14)11-4-3-10(7-16-11)12(15)18/h3-4,7,9H,5-6,8H2,1-2H3,(H2,15,18)(H,19,20). The second-order valence-corrected chi connectivity index (χ2v) is 5.56. The van der Waals surface area contributed by atoms with Crippen LogP contribution in [0.15, 0.2) is 18.3 Å². The third-order valence-electron chi connectivity index (χ3n) is 4.19. The normalized spacial score (nSPS) is 22.2. The van der Waals surface area contributed by atoms with Crippen molar-refractivity contribution in [3.05, 3.63) is 23.9 Å². The second kappa shape index (κ2) is 5.11. The summed E-state index contributed by atoms with van der Waals surface area (Å²) in [5.41, 5.74) is 4.79. The van der Waals surface area contributed by atoms with Gasteiger partial charge < -0.3 is 15.7 Å². The molecule has 20 heavy (non-hydrogen) atoms. The van der Waals surface area contributed by atoms with Gasteiger partial charge in [0.1, 0.15) is 5.82 Å². The molecule has 6 heteroatoms. The topological polar surface area (TPSA) is 96.5 Å². The van der Waals surface area contributed by atoms with E-state index in [1.165, 1.54) is 6.20 Å². The van der Waals surface area contributed by atoms with Crippen LogP contribution < -0.4 is 10.6 Å². The quantitative estimate of drug-likeness (QED) is 0.859. The zero-order valence-electron chi connectivity index (χ0n) is 11.7. The van der Waals surface area contributed by atoms with E-state index in [0.29, 0.717) is 30.9 Å². The Kier molecular flexibility index (Phi) is 3.65. The first-order valence-corrected chi connectivity index (χ1v) is 6.61. The fourth-order valence-electron chi connectivity index (χ4n) is 2.64. The number of nitrogens with zero attached hydrogens (tertiary/aromatic N) is 2. The number of hydrogen-bond acceptors (Lipinski definition) is 4. The Balaban J connectivity index is 2.20. The van der Waals surface area contributed by atoms with Crippen molar-refractivity contribution >= 4 is 17.7 Å². The molecule has 1 atom stereocenters. The Morgan fingerprint density at radius 3 is 2.55 bits per heavy atom. The molecular formula is C14H19N3O3. The largest absolute Gasteiger partial charge is 0.481 e. The van der Waals surface area contributed by atoms with Gasteiger partial charge >= 0.3 is 5.97 Å². The molecule has 2 heterocycles. The molecule has 1 aromatic rings. The summed E-state index contributed by atoms with van der Waals surface area (Å²) < 4.78 is 0. The van der Waals surface area contributed by atoms with Gasteiger partial charge in [0, 0.05) is 19.3 Å². The highest BCUT2D eigenvalue weighted by atomic mass is 16.4. The molecule has 0 saturated carbocycles. The number of aliphatic carboxylic acids is 1. The van der Waals surface area contributed by atoms with Gasteiger partial charge in [0.15, 0.2) is 0 Å². The molecular weight excluding hydrogens is 258 g/mol. The maximum absolute atomic E-state index is 11.6. The number of aromatic nitrogens is 1. The highest BCUT2D eigenvalue weighted by Gasteiger charge is 2.47. The van der Waals surface area contributed by atoms with Crippen molar-refractivity contribution in [2.75, 3.05) is 18.0 Å². The molecule has 1 aliphatic rings. The van der Waals surface area contributed by atoms with Crippen molar-refractivity contribution in [1.29, 1.82) is 0 Å². The van der Waals surface area contributed by atoms with Crippen LogP contribution >= 0.6 is 0 Å². The van der Waals surface area contributed by atoms with Gasteiger partial charge in [-0.3, -0.25) is 9.59 Å². The number of hydrogen-bond donors (Lipinski definition) is 2. The molecule has 1 aromatic heterocycles. The average molecular weight is 277 g/mol. The summed E-state index contributed by atoms with van der Waals surface area (Å²) in [4.78, 5) is 28.7. The van der Waals surface area contributed by atoms with Gasteiger partial charge in [-0.05, 0) is 24.5 Å². The van der Waals surface area contributed by atoms with E-state index in [1.807, 2.05) is 18.7 Å². The number of amides is 1. The summed E-state index contributed by atoms with van der Waals surface area (Å²) in [6.07, 6.45) is 2.02. The predicted molar refractivity (Wildman–Crippen MR) is 74.5 cm³/mol. The Morgan fingerprint density at radius 1 is 1.45 bits per heavy atom. The molecule has 1 fully saturated rings. The molecule has 0 aliphatic carbocycles. The Labute approximate surface area is 117 Å². The van der Waals surface area contributed by atoms with Crippen LogP contribution in [-0.2, 0) is 4.79 Å². The lowest BCUT2D eigenvalue weighted by atomic mass is 9.76. The van der Waals surface area contributed by atoms with E-state index in [-0.39, 0.29) is 5.92 Å². The number of anilines is 1. The maximum Gasteiger partial charge on any atom is 0.311 e. The second-order valence-electron chi connectivity index (χ2n) is 5.56. The van der Waals surface area contributed by atoms with Crippen molar-refractivity contribution in [2.24, 2.45) is 17.1 Å². The van der Waals surface area contributed by atoms with Crippen LogP contribution in [-0.4, -0.2) is 35.1 Å². The summed E-state index contributed by atoms with van der Waals surface area (Å²) in [6.45, 7) is 4.94. The van der Waals surface area contributed by atoms with Crippen LogP contribution in [0.1, 0.15) is 30.6 Å². The van der Waals surface area contributed by atoms with Gasteiger partial charge in [0.05, 0.1) is 11.0 Å². The van der Waals surface area contributed by atoms with Gasteiger partial charge in [0.25, 0.3) is 0 Å². The summed E-state index contributed by atoms with van der Waals surface area (Å²) in [7, 11) is 0. The van der Waals surface area contributed by atoms with Gasteiger partial charge in [-0.15, -0.1) is 0 Å². The first-order chi connectivity index (χ1) is 9.36. The van der Waals surface area contributed by atoms with Crippen LogP contribution in [0.5, 0.6) is 0 Å². The first-order valence-electron chi connectivity index (χ1n) is 6.61. The number of carbonyl (C=O) groups is 2. The molecule has 3 N–H and O–H groups in total.